The van der Waals surface area contributed by atoms with E-state index in [4.69, 9.17) is 14.7 Å². The van der Waals surface area contributed by atoms with Gasteiger partial charge >= 0.3 is 0 Å². The fourth-order valence-corrected chi connectivity index (χ4v) is 7.82. The third kappa shape index (κ3) is 3.59. The Bertz CT molecular complexity index is 1040. The molecule has 0 aromatic heterocycles. The third-order valence-electron chi connectivity index (χ3n) is 9.50. The average Bonchev–Trinajstić information content (AvgIpc) is 3.14. The number of oxime groups is 1. The van der Waals surface area contributed by atoms with Crippen LogP contribution >= 0.6 is 0 Å². The van der Waals surface area contributed by atoms with E-state index >= 15 is 0 Å². The van der Waals surface area contributed by atoms with Crippen LogP contribution in [-0.4, -0.2) is 43.1 Å². The lowest BCUT2D eigenvalue weighted by Crippen LogP contribution is -2.54. The predicted octanol–water partition coefficient (Wildman–Crippen LogP) is 5.82. The quantitative estimate of drug-likeness (QED) is 0.328. The molecule has 0 spiro atoms. The second-order valence-electron chi connectivity index (χ2n) is 10.8. The van der Waals surface area contributed by atoms with Crippen molar-refractivity contribution in [2.45, 2.75) is 70.3 Å². The predicted molar refractivity (Wildman–Crippen MR) is 132 cm³/mol. The van der Waals surface area contributed by atoms with E-state index < -0.39 is 0 Å². The van der Waals surface area contributed by atoms with Gasteiger partial charge in [0.25, 0.3) is 0 Å². The zero-order valence-corrected chi connectivity index (χ0v) is 20.7. The minimum absolute atomic E-state index is 0.00719. The summed E-state index contributed by atoms with van der Waals surface area (Å²) in [5, 5.41) is 12.1. The maximum atomic E-state index is 12.2. The minimum Gasteiger partial charge on any atom is -0.411 e. The lowest BCUT2D eigenvalue weighted by atomic mass is 9.51. The van der Waals surface area contributed by atoms with Gasteiger partial charge in [-0.2, -0.15) is 0 Å². The molecule has 4 aliphatic carbocycles. The Kier molecular flexibility index (Phi) is 6.28. The Morgan fingerprint density at radius 1 is 1.18 bits per heavy atom. The first kappa shape index (κ1) is 23.5. The normalized spacial score (nSPS) is 35.2. The van der Waals surface area contributed by atoms with Gasteiger partial charge in [0, 0.05) is 31.5 Å². The van der Waals surface area contributed by atoms with E-state index in [9.17, 15) is 4.79 Å². The number of benzene rings is 1. The van der Waals surface area contributed by atoms with Crippen molar-refractivity contribution in [1.29, 1.82) is 0 Å². The lowest BCUT2D eigenvalue weighted by Gasteiger charge is -2.55. The fourth-order valence-electron chi connectivity index (χ4n) is 7.82. The number of ether oxygens (including phenoxy) is 2. The van der Waals surface area contributed by atoms with Gasteiger partial charge in [-0.3, -0.25) is 4.79 Å². The van der Waals surface area contributed by atoms with Gasteiger partial charge in [0.15, 0.2) is 5.78 Å². The largest absolute Gasteiger partial charge is 0.411 e. The maximum Gasteiger partial charge on any atom is 0.156 e. The van der Waals surface area contributed by atoms with E-state index in [1.54, 1.807) is 5.57 Å². The second kappa shape index (κ2) is 9.09. The van der Waals surface area contributed by atoms with Crippen molar-refractivity contribution < 1.29 is 19.5 Å². The number of hydrogen-bond acceptors (Lipinski definition) is 5. The average molecular weight is 464 g/mol. The molecule has 5 heteroatoms. The molecule has 0 unspecified atom stereocenters. The summed E-state index contributed by atoms with van der Waals surface area (Å²) in [6, 6.07) is 8.44. The molecule has 2 fully saturated rings. The summed E-state index contributed by atoms with van der Waals surface area (Å²) in [6.07, 6.45) is 10.2. The number of fused-ring (bicyclic) bond motifs is 4. The first-order valence-corrected chi connectivity index (χ1v) is 12.8. The smallest absolute Gasteiger partial charge is 0.156 e. The van der Waals surface area contributed by atoms with Crippen LogP contribution in [0.3, 0.4) is 0 Å². The molecule has 182 valence electrons. The Hall–Kier alpha value is -2.24. The molecule has 0 aliphatic heterocycles. The second-order valence-corrected chi connectivity index (χ2v) is 10.8. The van der Waals surface area contributed by atoms with Gasteiger partial charge in [0.05, 0.1) is 18.4 Å². The topological polar surface area (TPSA) is 68.1 Å². The molecule has 0 amide bonds. The number of methoxy groups -OCH3 is 1. The van der Waals surface area contributed by atoms with Crippen molar-refractivity contribution in [3.63, 3.8) is 0 Å². The number of allylic oxidation sites excluding steroid dienone is 4. The zero-order valence-electron chi connectivity index (χ0n) is 20.7. The highest BCUT2D eigenvalue weighted by atomic mass is 16.5. The number of nitrogens with zero attached hydrogens (tertiary/aromatic N) is 1. The van der Waals surface area contributed by atoms with Gasteiger partial charge in [-0.15, -0.1) is 0 Å². The molecule has 5 nitrogen and oxygen atoms in total. The molecule has 34 heavy (non-hydrogen) atoms. The van der Waals surface area contributed by atoms with Crippen LogP contribution in [0, 0.1) is 17.3 Å². The van der Waals surface area contributed by atoms with Gasteiger partial charge in [-0.1, -0.05) is 41.9 Å². The SMILES string of the molecule is CCOC[C@]1(OC)CC[C@H]2[C@@H]3CCC4=CC(=O)CCC4=C3[C@@H](c3ccc(/C=N/O)cc3)C[C@@]21C. The third-order valence-corrected chi connectivity index (χ3v) is 9.50. The monoisotopic (exact) mass is 463 g/mol. The van der Waals surface area contributed by atoms with Crippen LogP contribution in [0.5, 0.6) is 0 Å². The van der Waals surface area contributed by atoms with E-state index in [0.29, 0.717) is 31.5 Å². The van der Waals surface area contributed by atoms with Crippen molar-refractivity contribution >= 4 is 12.0 Å². The maximum absolute atomic E-state index is 12.2. The van der Waals surface area contributed by atoms with Gasteiger partial charge in [0.2, 0.25) is 0 Å². The van der Waals surface area contributed by atoms with Crippen LogP contribution in [0.25, 0.3) is 0 Å². The highest BCUT2D eigenvalue weighted by Crippen LogP contribution is 2.67. The summed E-state index contributed by atoms with van der Waals surface area (Å²) in [6.45, 7) is 5.85. The van der Waals surface area contributed by atoms with Gasteiger partial charge in [-0.05, 0) is 85.6 Å². The number of ketones is 1. The van der Waals surface area contributed by atoms with Crippen molar-refractivity contribution in [3.05, 3.63) is 58.2 Å². The first-order chi connectivity index (χ1) is 16.5. The number of carbonyl (C=O) groups excluding carboxylic acids is 1. The van der Waals surface area contributed by atoms with Crippen LogP contribution < -0.4 is 0 Å². The summed E-state index contributed by atoms with van der Waals surface area (Å²) in [4.78, 5) is 12.2. The van der Waals surface area contributed by atoms with Crippen LogP contribution in [0.15, 0.2) is 52.2 Å². The Morgan fingerprint density at radius 3 is 2.68 bits per heavy atom. The molecule has 5 rings (SSSR count). The Balaban J connectivity index is 1.64. The van der Waals surface area contributed by atoms with E-state index in [-0.39, 0.29) is 22.7 Å². The summed E-state index contributed by atoms with van der Waals surface area (Å²) >= 11 is 0. The van der Waals surface area contributed by atoms with E-state index in [2.05, 4.69) is 31.1 Å². The highest BCUT2D eigenvalue weighted by Gasteiger charge is 2.63. The van der Waals surface area contributed by atoms with Gasteiger partial charge < -0.3 is 14.7 Å². The van der Waals surface area contributed by atoms with Crippen molar-refractivity contribution in [2.24, 2.45) is 22.4 Å². The van der Waals surface area contributed by atoms with E-state index in [1.165, 1.54) is 22.9 Å². The van der Waals surface area contributed by atoms with Gasteiger partial charge in [-0.25, -0.2) is 0 Å². The highest BCUT2D eigenvalue weighted by molar-refractivity contribution is 5.93. The molecule has 5 atom stereocenters. The molecule has 4 aliphatic rings. The minimum atomic E-state index is -0.274. The Morgan fingerprint density at radius 2 is 1.97 bits per heavy atom. The molecule has 0 heterocycles. The molecular weight excluding hydrogens is 426 g/mol. The first-order valence-electron chi connectivity index (χ1n) is 12.8. The molecule has 0 radical (unpaired) electrons. The van der Waals surface area contributed by atoms with Crippen molar-refractivity contribution in [2.75, 3.05) is 20.3 Å². The fraction of sp³-hybridized carbons (Fsp3) is 0.586. The molecular formula is C29H37NO4. The summed E-state index contributed by atoms with van der Waals surface area (Å²) in [5.41, 5.74) is 6.25. The van der Waals surface area contributed by atoms with Crippen molar-refractivity contribution in [1.82, 2.24) is 0 Å². The number of hydrogen-bond donors (Lipinski definition) is 1. The molecule has 1 aromatic rings. The van der Waals surface area contributed by atoms with Crippen LogP contribution in [-0.2, 0) is 14.3 Å². The van der Waals surface area contributed by atoms with E-state index in [1.807, 2.05) is 25.3 Å². The molecule has 0 bridgehead atoms. The molecule has 2 saturated carbocycles. The van der Waals surface area contributed by atoms with Crippen LogP contribution in [0.2, 0.25) is 0 Å². The summed E-state index contributed by atoms with van der Waals surface area (Å²) < 4.78 is 12.4. The Labute approximate surface area is 202 Å². The zero-order chi connectivity index (χ0) is 23.9. The van der Waals surface area contributed by atoms with Crippen LogP contribution in [0.4, 0.5) is 0 Å². The molecule has 1 aromatic carbocycles. The van der Waals surface area contributed by atoms with Crippen molar-refractivity contribution in [3.8, 4) is 0 Å². The standard InChI is InChI=1S/C29H37NO4/c1-4-34-18-29(33-3)14-13-26-24-11-9-21-15-22(31)10-12-23(21)27(24)25(16-28(26,29)2)20-7-5-19(6-8-20)17-30-32/h5-8,15,17,24-26,32H,4,9-14,16,18H2,1-3H3/b30-17+/t24-,25+,26-,28-,29+/m0/s1. The lowest BCUT2D eigenvalue weighted by molar-refractivity contribution is -0.154. The summed E-state index contributed by atoms with van der Waals surface area (Å²) in [5.74, 6) is 1.64. The number of carbonyl (C=O) groups is 1. The summed E-state index contributed by atoms with van der Waals surface area (Å²) in [7, 11) is 1.87. The van der Waals surface area contributed by atoms with E-state index in [0.717, 1.165) is 44.1 Å². The molecule has 0 saturated heterocycles. The molecule has 1 N–H and O–H groups in total. The van der Waals surface area contributed by atoms with Crippen LogP contribution in [0.1, 0.15) is 75.8 Å². The van der Waals surface area contributed by atoms with Gasteiger partial charge in [0.1, 0.15) is 0 Å². The number of rotatable bonds is 6.